The highest BCUT2D eigenvalue weighted by molar-refractivity contribution is 7.21. The Morgan fingerprint density at radius 3 is 2.78 bits per heavy atom. The fourth-order valence-electron chi connectivity index (χ4n) is 2.86. The standard InChI is InChI=1S/C20H15FN2O2S2/c1-25-10-13-17-14(21)8-5-9-16(17)27-18(13)19(24)23-20-22-15(11-26-20)12-6-3-2-4-7-12/h2-9,11H,10H2,1H3,(H,22,23,24). The number of fused-ring (bicyclic) bond motifs is 1. The number of benzene rings is 2. The Kier molecular flexibility index (Phi) is 4.98. The van der Waals surface area contributed by atoms with Crippen LogP contribution in [0.15, 0.2) is 53.9 Å². The summed E-state index contributed by atoms with van der Waals surface area (Å²) in [5.41, 5.74) is 2.35. The predicted octanol–water partition coefficient (Wildman–Crippen LogP) is 5.56. The van der Waals surface area contributed by atoms with Crippen LogP contribution in [0.1, 0.15) is 15.2 Å². The lowest BCUT2D eigenvalue weighted by molar-refractivity contribution is 0.102. The van der Waals surface area contributed by atoms with Crippen molar-refractivity contribution in [3.8, 4) is 11.3 Å². The number of aromatic nitrogens is 1. The van der Waals surface area contributed by atoms with Gasteiger partial charge in [-0.25, -0.2) is 9.37 Å². The molecule has 2 aromatic heterocycles. The van der Waals surface area contributed by atoms with Crippen LogP contribution in [0, 0.1) is 5.82 Å². The molecule has 4 aromatic rings. The number of ether oxygens (including phenoxy) is 1. The fraction of sp³-hybridized carbons (Fsp3) is 0.100. The van der Waals surface area contributed by atoms with Crippen molar-refractivity contribution in [2.75, 3.05) is 12.4 Å². The quantitative estimate of drug-likeness (QED) is 0.479. The van der Waals surface area contributed by atoms with Crippen molar-refractivity contribution in [1.29, 1.82) is 0 Å². The fourth-order valence-corrected chi connectivity index (χ4v) is 4.69. The lowest BCUT2D eigenvalue weighted by atomic mass is 10.1. The second-order valence-corrected chi connectivity index (χ2v) is 7.72. The Morgan fingerprint density at radius 2 is 2.00 bits per heavy atom. The number of hydrogen-bond acceptors (Lipinski definition) is 5. The van der Waals surface area contributed by atoms with Gasteiger partial charge in [0.05, 0.1) is 17.2 Å². The Morgan fingerprint density at radius 1 is 1.19 bits per heavy atom. The van der Waals surface area contributed by atoms with Crippen LogP contribution >= 0.6 is 22.7 Å². The van der Waals surface area contributed by atoms with E-state index in [-0.39, 0.29) is 18.3 Å². The van der Waals surface area contributed by atoms with Crippen molar-refractivity contribution in [3.05, 3.63) is 70.2 Å². The first kappa shape index (κ1) is 17.8. The first-order chi connectivity index (χ1) is 13.2. The molecule has 0 aliphatic carbocycles. The normalized spacial score (nSPS) is 11.0. The van der Waals surface area contributed by atoms with E-state index in [1.807, 2.05) is 35.7 Å². The second-order valence-electron chi connectivity index (χ2n) is 5.81. The first-order valence-corrected chi connectivity index (χ1v) is 9.88. The molecule has 7 heteroatoms. The lowest BCUT2D eigenvalue weighted by Crippen LogP contribution is -2.12. The number of thiophene rings is 1. The minimum atomic E-state index is -0.351. The van der Waals surface area contributed by atoms with E-state index in [1.165, 1.54) is 35.8 Å². The van der Waals surface area contributed by atoms with Gasteiger partial charge in [-0.05, 0) is 12.1 Å². The third-order valence-electron chi connectivity index (χ3n) is 4.05. The monoisotopic (exact) mass is 398 g/mol. The highest BCUT2D eigenvalue weighted by atomic mass is 32.1. The zero-order chi connectivity index (χ0) is 18.8. The van der Waals surface area contributed by atoms with Crippen molar-refractivity contribution >= 4 is 43.8 Å². The minimum Gasteiger partial charge on any atom is -0.380 e. The van der Waals surface area contributed by atoms with Gasteiger partial charge in [0.2, 0.25) is 0 Å². The molecule has 2 aromatic carbocycles. The van der Waals surface area contributed by atoms with Gasteiger partial charge in [-0.2, -0.15) is 0 Å². The van der Waals surface area contributed by atoms with Crippen LogP contribution in [0.5, 0.6) is 0 Å². The predicted molar refractivity (Wildman–Crippen MR) is 108 cm³/mol. The van der Waals surface area contributed by atoms with Crippen molar-refractivity contribution in [3.63, 3.8) is 0 Å². The van der Waals surface area contributed by atoms with E-state index in [0.29, 0.717) is 21.0 Å². The summed E-state index contributed by atoms with van der Waals surface area (Å²) in [4.78, 5) is 17.7. The van der Waals surface area contributed by atoms with E-state index >= 15 is 0 Å². The Hall–Kier alpha value is -2.61. The van der Waals surface area contributed by atoms with Gasteiger partial charge in [0.15, 0.2) is 5.13 Å². The smallest absolute Gasteiger partial charge is 0.267 e. The van der Waals surface area contributed by atoms with Gasteiger partial charge in [0.25, 0.3) is 5.91 Å². The number of thiazole rings is 1. The molecular weight excluding hydrogens is 383 g/mol. The molecule has 0 aliphatic heterocycles. The molecule has 1 amide bonds. The summed E-state index contributed by atoms with van der Waals surface area (Å²) in [7, 11) is 1.53. The van der Waals surface area contributed by atoms with Gasteiger partial charge < -0.3 is 4.74 Å². The number of nitrogens with one attached hydrogen (secondary N) is 1. The van der Waals surface area contributed by atoms with E-state index in [4.69, 9.17) is 4.74 Å². The van der Waals surface area contributed by atoms with Crippen LogP contribution < -0.4 is 5.32 Å². The van der Waals surface area contributed by atoms with Gasteiger partial charge in [0, 0.05) is 33.7 Å². The molecule has 0 atom stereocenters. The lowest BCUT2D eigenvalue weighted by Gasteiger charge is -2.04. The summed E-state index contributed by atoms with van der Waals surface area (Å²) < 4.78 is 20.2. The van der Waals surface area contributed by atoms with Crippen molar-refractivity contribution in [1.82, 2.24) is 4.98 Å². The molecule has 0 aliphatic rings. The first-order valence-electron chi connectivity index (χ1n) is 8.18. The van der Waals surface area contributed by atoms with Gasteiger partial charge in [-0.1, -0.05) is 36.4 Å². The maximum atomic E-state index is 14.3. The molecule has 0 unspecified atom stereocenters. The number of halogens is 1. The average Bonchev–Trinajstić information content (AvgIpc) is 3.29. The largest absolute Gasteiger partial charge is 0.380 e. The molecule has 0 bridgehead atoms. The number of amides is 1. The summed E-state index contributed by atoms with van der Waals surface area (Å²) in [6.45, 7) is 0.164. The van der Waals surface area contributed by atoms with Crippen LogP contribution in [0.25, 0.3) is 21.3 Å². The molecule has 0 saturated carbocycles. The Labute approximate surface area is 163 Å². The maximum Gasteiger partial charge on any atom is 0.267 e. The molecule has 2 heterocycles. The summed E-state index contributed by atoms with van der Waals surface area (Å²) in [6, 6.07) is 14.6. The molecule has 0 spiro atoms. The highest BCUT2D eigenvalue weighted by Crippen LogP contribution is 2.34. The molecule has 0 saturated heterocycles. The number of nitrogens with zero attached hydrogens (tertiary/aromatic N) is 1. The summed E-state index contributed by atoms with van der Waals surface area (Å²) >= 11 is 2.61. The van der Waals surface area contributed by atoms with Gasteiger partial charge >= 0.3 is 0 Å². The molecule has 1 N–H and O–H groups in total. The van der Waals surface area contributed by atoms with E-state index in [9.17, 15) is 9.18 Å². The summed E-state index contributed by atoms with van der Waals surface area (Å²) in [6.07, 6.45) is 0. The topological polar surface area (TPSA) is 51.2 Å². The molecule has 4 rings (SSSR count). The number of hydrogen-bond donors (Lipinski definition) is 1. The van der Waals surface area contributed by atoms with Crippen LogP contribution in [0.4, 0.5) is 9.52 Å². The van der Waals surface area contributed by atoms with Gasteiger partial charge in [0.1, 0.15) is 5.82 Å². The van der Waals surface area contributed by atoms with Crippen molar-refractivity contribution in [2.45, 2.75) is 6.61 Å². The zero-order valence-electron chi connectivity index (χ0n) is 14.4. The van der Waals surface area contributed by atoms with Gasteiger partial charge in [-0.3, -0.25) is 10.1 Å². The third kappa shape index (κ3) is 3.49. The summed E-state index contributed by atoms with van der Waals surface area (Å²) in [5.74, 6) is -0.660. The average molecular weight is 398 g/mol. The van der Waals surface area contributed by atoms with Crippen LogP contribution in [-0.2, 0) is 11.3 Å². The second kappa shape index (κ2) is 7.56. The number of anilines is 1. The van der Waals surface area contributed by atoms with E-state index in [2.05, 4.69) is 10.3 Å². The molecule has 136 valence electrons. The number of carbonyl (C=O) groups excluding carboxylic acids is 1. The summed E-state index contributed by atoms with van der Waals surface area (Å²) in [5, 5.41) is 5.67. The molecular formula is C20H15FN2O2S2. The maximum absolute atomic E-state index is 14.3. The van der Waals surface area contributed by atoms with Crippen molar-refractivity contribution in [2.24, 2.45) is 0 Å². The van der Waals surface area contributed by atoms with E-state index < -0.39 is 0 Å². The minimum absolute atomic E-state index is 0.164. The SMILES string of the molecule is COCc1c(C(=O)Nc2nc(-c3ccccc3)cs2)sc2cccc(F)c12. The Bertz CT molecular complexity index is 1110. The Balaban J connectivity index is 1.65. The van der Waals surface area contributed by atoms with E-state index in [0.717, 1.165) is 16.0 Å². The third-order valence-corrected chi connectivity index (χ3v) is 6.01. The molecule has 0 fully saturated rings. The van der Waals surface area contributed by atoms with Crippen LogP contribution in [-0.4, -0.2) is 18.0 Å². The van der Waals surface area contributed by atoms with E-state index in [1.54, 1.807) is 12.1 Å². The van der Waals surface area contributed by atoms with Gasteiger partial charge in [-0.15, -0.1) is 22.7 Å². The molecule has 0 radical (unpaired) electrons. The van der Waals surface area contributed by atoms with Crippen molar-refractivity contribution < 1.29 is 13.9 Å². The number of carbonyl (C=O) groups is 1. The highest BCUT2D eigenvalue weighted by Gasteiger charge is 2.21. The van der Waals surface area contributed by atoms with Crippen LogP contribution in [0.2, 0.25) is 0 Å². The number of rotatable bonds is 5. The van der Waals surface area contributed by atoms with Crippen LogP contribution in [0.3, 0.4) is 0 Å². The zero-order valence-corrected chi connectivity index (χ0v) is 16.0. The molecule has 4 nitrogen and oxygen atoms in total. The number of methoxy groups -OCH3 is 1. The molecule has 27 heavy (non-hydrogen) atoms.